The topological polar surface area (TPSA) is 0 Å². The van der Waals surface area contributed by atoms with Crippen LogP contribution in [0.3, 0.4) is 0 Å². The van der Waals surface area contributed by atoms with E-state index in [9.17, 15) is 0 Å². The third-order valence-electron chi connectivity index (χ3n) is 12.0. The molecule has 226 valence electrons. The largest absolute Gasteiger partial charge is 0.0919 e. The standard InChI is InChI=1S/C13H18.C10H12.C8H12.C4H8.2C2H6.CH4/c1-7-4-10-6-11(7)13-9-3-2-8(5-9)12(10)13;1-2-9-7-4-5-8(6-7)10(9)3-1;1-6-4-7-2-3-8(6)5-7;1-3-4-2;2*1-2;/h2-3,7-13H,4-6H2,1H3;1-2,4-5,7-10H,3,6H2;2-3,6-8H,4-5H2,1H3;3-4H,1-2H3;2*1-2H3;1H4. The molecule has 9 rings (SSSR count). The SMILES string of the molecule is C.C1=CC2C3C=CC(C3)C2C1.CC.CC.CC1CC2C=CC1C2.CC1CC2CC1C1C3C=CC(C3)C21.CC=CC. The lowest BCUT2D eigenvalue weighted by atomic mass is 9.70. The fourth-order valence-electron chi connectivity index (χ4n) is 10.4. The van der Waals surface area contributed by atoms with Crippen LogP contribution in [0.2, 0.25) is 0 Å². The highest BCUT2D eigenvalue weighted by molar-refractivity contribution is 5.22. The van der Waals surface area contributed by atoms with E-state index in [1.807, 2.05) is 53.7 Å². The van der Waals surface area contributed by atoms with Crippen molar-refractivity contribution in [1.82, 2.24) is 0 Å². The smallest absolute Gasteiger partial charge is 0.0133 e. The van der Waals surface area contributed by atoms with Crippen molar-refractivity contribution in [3.05, 3.63) is 60.8 Å². The quantitative estimate of drug-likeness (QED) is 0.209. The van der Waals surface area contributed by atoms with Gasteiger partial charge in [0, 0.05) is 0 Å². The number of hydrogen-bond donors (Lipinski definition) is 0. The molecule has 0 aliphatic heterocycles. The molecule has 0 N–H and O–H groups in total. The second-order valence-corrected chi connectivity index (χ2v) is 13.8. The average molecular weight is 547 g/mol. The molecule has 40 heavy (non-hydrogen) atoms. The number of hydrogen-bond acceptors (Lipinski definition) is 0. The van der Waals surface area contributed by atoms with Crippen LogP contribution in [0.15, 0.2) is 60.8 Å². The van der Waals surface area contributed by atoms with E-state index in [0.29, 0.717) is 0 Å². The summed E-state index contributed by atoms with van der Waals surface area (Å²) in [6.45, 7) is 16.9. The molecular weight excluding hydrogens is 480 g/mol. The molecule has 0 heteroatoms. The van der Waals surface area contributed by atoms with Crippen LogP contribution < -0.4 is 0 Å². The van der Waals surface area contributed by atoms with E-state index < -0.39 is 0 Å². The molecule has 0 nitrogen and oxygen atoms in total. The molecule has 14 atom stereocenters. The van der Waals surface area contributed by atoms with Crippen molar-refractivity contribution in [2.45, 2.75) is 108 Å². The minimum Gasteiger partial charge on any atom is -0.0919 e. The molecule has 9 aliphatic carbocycles. The number of allylic oxidation sites excluding steroid dienone is 10. The van der Waals surface area contributed by atoms with Gasteiger partial charge in [0.2, 0.25) is 0 Å². The first-order valence-corrected chi connectivity index (χ1v) is 17.4. The van der Waals surface area contributed by atoms with Gasteiger partial charge in [0.05, 0.1) is 0 Å². The third kappa shape index (κ3) is 6.52. The Bertz CT molecular complexity index is 895. The van der Waals surface area contributed by atoms with Gasteiger partial charge in [-0.15, -0.1) is 0 Å². The molecule has 0 spiro atoms. The Hall–Kier alpha value is -1.30. The first kappa shape index (κ1) is 33.2. The normalized spacial score (nSPS) is 46.6. The van der Waals surface area contributed by atoms with Crippen LogP contribution >= 0.6 is 0 Å². The summed E-state index contributed by atoms with van der Waals surface area (Å²) in [5, 5.41) is 0. The molecule has 0 saturated heterocycles. The Kier molecular flexibility index (Phi) is 12.7. The summed E-state index contributed by atoms with van der Waals surface area (Å²) in [7, 11) is 0. The summed E-state index contributed by atoms with van der Waals surface area (Å²) in [6.07, 6.45) is 34.0. The van der Waals surface area contributed by atoms with E-state index in [1.54, 1.807) is 12.8 Å². The Morgan fingerprint density at radius 1 is 0.525 bits per heavy atom. The lowest BCUT2D eigenvalue weighted by Crippen LogP contribution is -2.29. The van der Waals surface area contributed by atoms with Gasteiger partial charge in [-0.2, -0.15) is 0 Å². The summed E-state index contributed by atoms with van der Waals surface area (Å²) >= 11 is 0. The summed E-state index contributed by atoms with van der Waals surface area (Å²) < 4.78 is 0. The van der Waals surface area contributed by atoms with Gasteiger partial charge in [-0.05, 0) is 142 Å². The molecule has 0 radical (unpaired) electrons. The minimum atomic E-state index is 0. The Balaban J connectivity index is 0.000000148. The Morgan fingerprint density at radius 2 is 1.12 bits per heavy atom. The van der Waals surface area contributed by atoms with E-state index in [4.69, 9.17) is 0 Å². The van der Waals surface area contributed by atoms with Crippen molar-refractivity contribution in [3.8, 4) is 0 Å². The predicted molar refractivity (Wildman–Crippen MR) is 179 cm³/mol. The van der Waals surface area contributed by atoms with E-state index >= 15 is 0 Å². The molecule has 0 aromatic carbocycles. The summed E-state index contributed by atoms with van der Waals surface area (Å²) in [6, 6.07) is 0. The molecule has 5 saturated carbocycles. The number of rotatable bonds is 0. The Labute approximate surface area is 251 Å². The maximum Gasteiger partial charge on any atom is -0.0133 e. The first-order chi connectivity index (χ1) is 19.1. The van der Waals surface area contributed by atoms with Crippen molar-refractivity contribution in [2.24, 2.45) is 82.9 Å². The van der Waals surface area contributed by atoms with Crippen LogP contribution in [0.5, 0.6) is 0 Å². The van der Waals surface area contributed by atoms with Crippen LogP contribution in [0.25, 0.3) is 0 Å². The van der Waals surface area contributed by atoms with Gasteiger partial charge in [-0.3, -0.25) is 0 Å². The van der Waals surface area contributed by atoms with Crippen LogP contribution in [-0.2, 0) is 0 Å². The molecule has 0 aromatic heterocycles. The highest BCUT2D eigenvalue weighted by atomic mass is 14.6. The lowest BCUT2D eigenvalue weighted by molar-refractivity contribution is 0.160. The molecule has 5 fully saturated rings. The van der Waals surface area contributed by atoms with Crippen LogP contribution in [0.1, 0.15) is 108 Å². The Morgan fingerprint density at radius 3 is 1.68 bits per heavy atom. The van der Waals surface area contributed by atoms with Crippen LogP contribution in [0, 0.1) is 82.9 Å². The zero-order chi connectivity index (χ0) is 28.1. The third-order valence-corrected chi connectivity index (χ3v) is 12.0. The lowest BCUT2D eigenvalue weighted by Gasteiger charge is -2.35. The molecule has 9 aliphatic rings. The second kappa shape index (κ2) is 15.3. The summed E-state index contributed by atoms with van der Waals surface area (Å²) in [4.78, 5) is 0. The molecule has 0 amide bonds. The van der Waals surface area contributed by atoms with E-state index in [2.05, 4.69) is 62.5 Å². The predicted octanol–water partition coefficient (Wildman–Crippen LogP) is 12.0. The van der Waals surface area contributed by atoms with Crippen molar-refractivity contribution < 1.29 is 0 Å². The first-order valence-electron chi connectivity index (χ1n) is 17.4. The molecule has 14 unspecified atom stereocenters. The van der Waals surface area contributed by atoms with E-state index in [1.165, 1.54) is 32.1 Å². The van der Waals surface area contributed by atoms with Crippen LogP contribution in [-0.4, -0.2) is 0 Å². The maximum absolute atomic E-state index is 2.54. The molecule has 8 bridgehead atoms. The number of fused-ring (bicyclic) bond motifs is 16. The van der Waals surface area contributed by atoms with Crippen LogP contribution in [0.4, 0.5) is 0 Å². The highest BCUT2D eigenvalue weighted by Gasteiger charge is 2.59. The van der Waals surface area contributed by atoms with Gasteiger partial charge in [-0.1, -0.05) is 110 Å². The molecular formula is C40H66. The summed E-state index contributed by atoms with van der Waals surface area (Å²) in [5.41, 5.74) is 0. The van der Waals surface area contributed by atoms with Gasteiger partial charge < -0.3 is 0 Å². The zero-order valence-corrected chi connectivity index (χ0v) is 26.8. The van der Waals surface area contributed by atoms with E-state index in [-0.39, 0.29) is 7.43 Å². The highest BCUT2D eigenvalue weighted by Crippen LogP contribution is 2.66. The molecule has 0 aromatic rings. The average Bonchev–Trinajstić information content (AvgIpc) is 3.82. The van der Waals surface area contributed by atoms with Gasteiger partial charge in [0.25, 0.3) is 0 Å². The van der Waals surface area contributed by atoms with Crippen molar-refractivity contribution in [2.75, 3.05) is 0 Å². The van der Waals surface area contributed by atoms with Crippen molar-refractivity contribution in [3.63, 3.8) is 0 Å². The summed E-state index contributed by atoms with van der Waals surface area (Å²) in [5.74, 6) is 14.3. The van der Waals surface area contributed by atoms with Gasteiger partial charge in [-0.25, -0.2) is 0 Å². The van der Waals surface area contributed by atoms with Gasteiger partial charge in [0.15, 0.2) is 0 Å². The molecule has 0 heterocycles. The van der Waals surface area contributed by atoms with E-state index in [0.717, 1.165) is 82.9 Å². The zero-order valence-electron chi connectivity index (χ0n) is 26.8. The van der Waals surface area contributed by atoms with Crippen molar-refractivity contribution in [1.29, 1.82) is 0 Å². The monoisotopic (exact) mass is 547 g/mol. The van der Waals surface area contributed by atoms with Gasteiger partial charge in [0.1, 0.15) is 0 Å². The fourth-order valence-corrected chi connectivity index (χ4v) is 10.4. The minimum absolute atomic E-state index is 0. The second-order valence-electron chi connectivity index (χ2n) is 13.8. The van der Waals surface area contributed by atoms with Gasteiger partial charge >= 0.3 is 0 Å². The van der Waals surface area contributed by atoms with Crippen molar-refractivity contribution >= 4 is 0 Å². The maximum atomic E-state index is 2.54. The fraction of sp³-hybridized carbons (Fsp3) is 0.750.